The highest BCUT2D eigenvalue weighted by Crippen LogP contribution is 2.39. The molecule has 0 fully saturated rings. The van der Waals surface area contributed by atoms with E-state index in [-0.39, 0.29) is 5.91 Å². The SMILES string of the molecule is CN(C)CCN(c1ccc(N/C(=C2\C(=O)Nc3cc(C#N)ccc32)c2ccc3c(c2)OCC3)cc1)S(C)(=O)=O. The van der Waals surface area contributed by atoms with Gasteiger partial charge in [-0.25, -0.2) is 8.42 Å². The minimum Gasteiger partial charge on any atom is -0.493 e. The van der Waals surface area contributed by atoms with Gasteiger partial charge in [0.05, 0.1) is 47.1 Å². The Labute approximate surface area is 228 Å². The number of rotatable bonds is 8. The second kappa shape index (κ2) is 10.4. The molecule has 3 aromatic carbocycles. The van der Waals surface area contributed by atoms with Crippen LogP contribution in [0.15, 0.2) is 60.7 Å². The zero-order chi connectivity index (χ0) is 27.7. The van der Waals surface area contributed by atoms with Crippen LogP contribution in [-0.2, 0) is 21.2 Å². The Hall–Kier alpha value is -4.33. The molecular weight excluding hydrogens is 514 g/mol. The van der Waals surface area contributed by atoms with Crippen molar-refractivity contribution in [2.75, 3.05) is 55.0 Å². The van der Waals surface area contributed by atoms with E-state index < -0.39 is 10.0 Å². The number of hydrogen-bond donors (Lipinski definition) is 2. The molecule has 0 aliphatic carbocycles. The van der Waals surface area contributed by atoms with Crippen molar-refractivity contribution in [3.8, 4) is 11.8 Å². The first-order chi connectivity index (χ1) is 18.6. The van der Waals surface area contributed by atoms with Gasteiger partial charge in [0.1, 0.15) is 5.75 Å². The number of fused-ring (bicyclic) bond motifs is 2. The van der Waals surface area contributed by atoms with Gasteiger partial charge in [-0.2, -0.15) is 5.26 Å². The van der Waals surface area contributed by atoms with Gasteiger partial charge in [-0.05, 0) is 62.1 Å². The summed E-state index contributed by atoms with van der Waals surface area (Å²) < 4.78 is 32.1. The van der Waals surface area contributed by atoms with Crippen molar-refractivity contribution in [2.45, 2.75) is 6.42 Å². The number of carbonyl (C=O) groups is 1. The molecule has 5 rings (SSSR count). The average Bonchev–Trinajstić information content (AvgIpc) is 3.49. The minimum absolute atomic E-state index is 0.285. The molecule has 0 saturated heterocycles. The second-order valence-electron chi connectivity index (χ2n) is 9.81. The van der Waals surface area contributed by atoms with E-state index in [0.29, 0.717) is 59.2 Å². The van der Waals surface area contributed by atoms with Gasteiger partial charge in [0.2, 0.25) is 10.0 Å². The molecule has 0 spiro atoms. The highest BCUT2D eigenvalue weighted by Gasteiger charge is 2.29. The van der Waals surface area contributed by atoms with Crippen LogP contribution < -0.4 is 19.7 Å². The summed E-state index contributed by atoms with van der Waals surface area (Å²) in [6, 6.07) is 20.2. The van der Waals surface area contributed by atoms with Gasteiger partial charge in [0, 0.05) is 36.3 Å². The van der Waals surface area contributed by atoms with E-state index in [9.17, 15) is 18.5 Å². The van der Waals surface area contributed by atoms with Crippen molar-refractivity contribution in [2.24, 2.45) is 0 Å². The Bertz CT molecular complexity index is 1620. The van der Waals surface area contributed by atoms with Crippen LogP contribution >= 0.6 is 0 Å². The largest absolute Gasteiger partial charge is 0.493 e. The van der Waals surface area contributed by atoms with Gasteiger partial charge in [-0.15, -0.1) is 0 Å². The maximum absolute atomic E-state index is 13.2. The zero-order valence-corrected chi connectivity index (χ0v) is 22.8. The molecule has 3 aromatic rings. The molecule has 2 heterocycles. The summed E-state index contributed by atoms with van der Waals surface area (Å²) in [4.78, 5) is 15.2. The lowest BCUT2D eigenvalue weighted by Crippen LogP contribution is -2.35. The number of nitrogens with one attached hydrogen (secondary N) is 2. The van der Waals surface area contributed by atoms with Crippen molar-refractivity contribution < 1.29 is 17.9 Å². The standard InChI is InChI=1S/C29H29N5O4S/c1-33(2)13-14-34(39(3,36)37)23-9-7-22(8-10-23)31-28(21-6-5-20-12-15-38-26(20)17-21)27-24-11-4-19(18-30)16-25(24)32-29(27)35/h4-11,16-17,31H,12-15H2,1-3H3,(H,32,35)/b28-27-. The van der Waals surface area contributed by atoms with Gasteiger partial charge in [-0.3, -0.25) is 9.10 Å². The van der Waals surface area contributed by atoms with Crippen LogP contribution in [0, 0.1) is 11.3 Å². The number of sulfonamides is 1. The van der Waals surface area contributed by atoms with Crippen LogP contribution in [0.2, 0.25) is 0 Å². The van der Waals surface area contributed by atoms with Gasteiger partial charge in [0.25, 0.3) is 5.91 Å². The predicted octanol–water partition coefficient (Wildman–Crippen LogP) is 3.75. The molecule has 0 unspecified atom stereocenters. The van der Waals surface area contributed by atoms with Crippen molar-refractivity contribution >= 4 is 44.3 Å². The molecular formula is C29H29N5O4S. The third-order valence-electron chi connectivity index (χ3n) is 6.70. The maximum Gasteiger partial charge on any atom is 0.258 e. The van der Waals surface area contributed by atoms with Crippen LogP contribution in [0.25, 0.3) is 11.3 Å². The van der Waals surface area contributed by atoms with E-state index in [0.717, 1.165) is 23.3 Å². The van der Waals surface area contributed by atoms with Crippen LogP contribution in [0.3, 0.4) is 0 Å². The summed E-state index contributed by atoms with van der Waals surface area (Å²) >= 11 is 0. The van der Waals surface area contributed by atoms with Crippen molar-refractivity contribution in [3.05, 3.63) is 82.9 Å². The number of amides is 1. The molecule has 2 aliphatic rings. The number of likely N-dealkylation sites (N-methyl/N-ethyl adjacent to an activating group) is 1. The first kappa shape index (κ1) is 26.3. The number of benzene rings is 3. The lowest BCUT2D eigenvalue weighted by Gasteiger charge is -2.24. The van der Waals surface area contributed by atoms with Crippen LogP contribution in [0.5, 0.6) is 5.75 Å². The summed E-state index contributed by atoms with van der Waals surface area (Å²) in [5.41, 5.74) is 5.85. The quantitative estimate of drug-likeness (QED) is 0.416. The Balaban J connectivity index is 1.56. The van der Waals surface area contributed by atoms with Gasteiger partial charge < -0.3 is 20.3 Å². The second-order valence-corrected chi connectivity index (χ2v) is 11.7. The predicted molar refractivity (Wildman–Crippen MR) is 153 cm³/mol. The van der Waals surface area contributed by atoms with Crippen molar-refractivity contribution in [1.29, 1.82) is 5.26 Å². The fraction of sp³-hybridized carbons (Fsp3) is 0.241. The summed E-state index contributed by atoms with van der Waals surface area (Å²) in [5.74, 6) is 0.499. The smallest absolute Gasteiger partial charge is 0.258 e. The number of nitriles is 1. The molecule has 0 saturated carbocycles. The maximum atomic E-state index is 13.2. The molecule has 10 heteroatoms. The number of carbonyl (C=O) groups excluding carboxylic acids is 1. The summed E-state index contributed by atoms with van der Waals surface area (Å²) in [6.45, 7) is 1.51. The summed E-state index contributed by atoms with van der Waals surface area (Å²) in [5, 5.41) is 15.6. The molecule has 0 bridgehead atoms. The molecule has 9 nitrogen and oxygen atoms in total. The third-order valence-corrected chi connectivity index (χ3v) is 7.90. The topological polar surface area (TPSA) is 115 Å². The van der Waals surface area contributed by atoms with Crippen molar-refractivity contribution in [3.63, 3.8) is 0 Å². The molecule has 1 amide bonds. The van der Waals surface area contributed by atoms with Gasteiger partial charge in [-0.1, -0.05) is 18.2 Å². The third kappa shape index (κ3) is 5.46. The Kier molecular flexibility index (Phi) is 7.04. The monoisotopic (exact) mass is 543 g/mol. The molecule has 0 aromatic heterocycles. The van der Waals surface area contributed by atoms with Gasteiger partial charge in [0.15, 0.2) is 0 Å². The first-order valence-corrected chi connectivity index (χ1v) is 14.3. The molecule has 0 radical (unpaired) electrons. The van der Waals surface area contributed by atoms with E-state index in [4.69, 9.17) is 4.74 Å². The molecule has 39 heavy (non-hydrogen) atoms. The first-order valence-electron chi connectivity index (χ1n) is 12.5. The normalized spacial score (nSPS) is 15.2. The van der Waals surface area contributed by atoms with Crippen LogP contribution in [0.4, 0.5) is 17.1 Å². The minimum atomic E-state index is -3.47. The lowest BCUT2D eigenvalue weighted by molar-refractivity contribution is -0.110. The molecule has 0 atom stereocenters. The van der Waals surface area contributed by atoms with Crippen molar-refractivity contribution in [1.82, 2.24) is 4.90 Å². The van der Waals surface area contributed by atoms with E-state index in [2.05, 4.69) is 16.7 Å². The Morgan fingerprint density at radius 2 is 1.85 bits per heavy atom. The zero-order valence-electron chi connectivity index (χ0n) is 22.0. The number of ether oxygens (including phenoxy) is 1. The Morgan fingerprint density at radius 1 is 1.08 bits per heavy atom. The van der Waals surface area contributed by atoms with E-state index >= 15 is 0 Å². The molecule has 2 N–H and O–H groups in total. The van der Waals surface area contributed by atoms with E-state index in [1.807, 2.05) is 37.2 Å². The highest BCUT2D eigenvalue weighted by atomic mass is 32.2. The summed E-state index contributed by atoms with van der Waals surface area (Å²) in [6.07, 6.45) is 2.03. The average molecular weight is 544 g/mol. The number of nitrogens with zero attached hydrogens (tertiary/aromatic N) is 3. The van der Waals surface area contributed by atoms with Gasteiger partial charge >= 0.3 is 0 Å². The number of hydrogen-bond acceptors (Lipinski definition) is 7. The lowest BCUT2D eigenvalue weighted by atomic mass is 9.98. The molecule has 200 valence electrons. The molecule has 2 aliphatic heterocycles. The highest BCUT2D eigenvalue weighted by molar-refractivity contribution is 7.92. The van der Waals surface area contributed by atoms with Crippen LogP contribution in [0.1, 0.15) is 22.3 Å². The fourth-order valence-electron chi connectivity index (χ4n) is 4.72. The van der Waals surface area contributed by atoms with E-state index in [1.165, 1.54) is 10.6 Å². The number of anilines is 3. The van der Waals surface area contributed by atoms with Crippen LogP contribution in [-0.4, -0.2) is 59.3 Å². The summed E-state index contributed by atoms with van der Waals surface area (Å²) in [7, 11) is 0.317. The Morgan fingerprint density at radius 3 is 2.54 bits per heavy atom. The fourth-order valence-corrected chi connectivity index (χ4v) is 5.64. The van der Waals surface area contributed by atoms with E-state index in [1.54, 1.807) is 42.5 Å².